The Morgan fingerprint density at radius 2 is 2.24 bits per heavy atom. The number of aromatic nitrogens is 3. The van der Waals surface area contributed by atoms with Gasteiger partial charge in [0.05, 0.1) is 5.69 Å². The third-order valence-electron chi connectivity index (χ3n) is 2.93. The van der Waals surface area contributed by atoms with Gasteiger partial charge in [-0.1, -0.05) is 0 Å². The highest BCUT2D eigenvalue weighted by Gasteiger charge is 2.14. The van der Waals surface area contributed by atoms with E-state index in [2.05, 4.69) is 9.97 Å². The van der Waals surface area contributed by atoms with Crippen LogP contribution in [0.15, 0.2) is 24.7 Å². The minimum atomic E-state index is 0.164. The molecule has 3 rings (SSSR count). The van der Waals surface area contributed by atoms with Crippen molar-refractivity contribution in [1.82, 2.24) is 14.4 Å². The molecule has 1 aliphatic rings. The number of rotatable bonds is 1. The smallest absolute Gasteiger partial charge is 0.179 e. The second kappa shape index (κ2) is 3.69. The van der Waals surface area contributed by atoms with Crippen molar-refractivity contribution in [2.75, 3.05) is 5.73 Å². The van der Waals surface area contributed by atoms with Crippen LogP contribution in [0.5, 0.6) is 0 Å². The average molecular weight is 228 g/mol. The molecule has 0 aliphatic heterocycles. The Labute approximate surface area is 98.0 Å². The molecule has 1 aliphatic carbocycles. The lowest BCUT2D eigenvalue weighted by molar-refractivity contribution is -0.114. The van der Waals surface area contributed by atoms with Crippen LogP contribution in [0.25, 0.3) is 11.2 Å². The van der Waals surface area contributed by atoms with Crippen LogP contribution in [-0.4, -0.2) is 20.2 Å². The van der Waals surface area contributed by atoms with Gasteiger partial charge in [0.2, 0.25) is 0 Å². The summed E-state index contributed by atoms with van der Waals surface area (Å²) >= 11 is 0. The number of carbonyl (C=O) groups excluding carboxylic acids is 1. The summed E-state index contributed by atoms with van der Waals surface area (Å²) in [5, 5.41) is 0. The summed E-state index contributed by atoms with van der Waals surface area (Å²) in [7, 11) is 0. The highest BCUT2D eigenvalue weighted by molar-refractivity contribution is 5.98. The molecule has 2 N–H and O–H groups in total. The highest BCUT2D eigenvalue weighted by atomic mass is 16.1. The van der Waals surface area contributed by atoms with Gasteiger partial charge in [-0.25, -0.2) is 9.97 Å². The number of nitrogens with zero attached hydrogens (tertiary/aromatic N) is 3. The fourth-order valence-electron chi connectivity index (χ4n) is 2.10. The number of imidazole rings is 1. The zero-order valence-corrected chi connectivity index (χ0v) is 9.26. The quantitative estimate of drug-likeness (QED) is 0.801. The molecule has 0 fully saturated rings. The number of ketones is 1. The lowest BCUT2D eigenvalue weighted by Gasteiger charge is -2.12. The van der Waals surface area contributed by atoms with Crippen LogP contribution < -0.4 is 5.73 Å². The molecule has 0 saturated carbocycles. The van der Waals surface area contributed by atoms with E-state index in [0.717, 1.165) is 24.1 Å². The lowest BCUT2D eigenvalue weighted by atomic mass is 9.96. The summed E-state index contributed by atoms with van der Waals surface area (Å²) < 4.78 is 1.83. The molecule has 5 nitrogen and oxygen atoms in total. The van der Waals surface area contributed by atoms with Crippen LogP contribution in [0.1, 0.15) is 25.0 Å². The van der Waals surface area contributed by atoms with Gasteiger partial charge < -0.3 is 10.1 Å². The molecule has 0 aromatic carbocycles. The van der Waals surface area contributed by atoms with Crippen molar-refractivity contribution in [3.8, 4) is 0 Å². The maximum atomic E-state index is 11.4. The predicted octanol–water partition coefficient (Wildman–Crippen LogP) is 1.45. The van der Waals surface area contributed by atoms with Gasteiger partial charge in [-0.2, -0.15) is 0 Å². The SMILES string of the molecule is Nc1nc(C2=CC(=O)CCC2)cn2ccnc12. The summed E-state index contributed by atoms with van der Waals surface area (Å²) in [5.74, 6) is 0.559. The summed E-state index contributed by atoms with van der Waals surface area (Å²) in [6, 6.07) is 0. The molecule has 0 radical (unpaired) electrons. The number of hydrogen-bond donors (Lipinski definition) is 1. The first-order chi connectivity index (χ1) is 8.24. The Balaban J connectivity index is 2.14. The first-order valence-electron chi connectivity index (χ1n) is 5.57. The van der Waals surface area contributed by atoms with E-state index in [-0.39, 0.29) is 5.78 Å². The third-order valence-corrected chi connectivity index (χ3v) is 2.93. The molecular weight excluding hydrogens is 216 g/mol. The van der Waals surface area contributed by atoms with Gasteiger partial charge in [0.1, 0.15) is 0 Å². The van der Waals surface area contributed by atoms with Crippen LogP contribution in [0.3, 0.4) is 0 Å². The van der Waals surface area contributed by atoms with E-state index in [1.807, 2.05) is 16.8 Å². The molecule has 0 saturated heterocycles. The van der Waals surface area contributed by atoms with Crippen molar-refractivity contribution in [3.63, 3.8) is 0 Å². The fourth-order valence-corrected chi connectivity index (χ4v) is 2.10. The largest absolute Gasteiger partial charge is 0.381 e. The number of allylic oxidation sites excluding steroid dienone is 2. The summed E-state index contributed by atoms with van der Waals surface area (Å²) in [4.78, 5) is 19.8. The molecule has 0 spiro atoms. The van der Waals surface area contributed by atoms with Gasteiger partial charge in [0.15, 0.2) is 17.2 Å². The Kier molecular flexibility index (Phi) is 2.18. The third kappa shape index (κ3) is 1.69. The number of nitrogen functional groups attached to an aromatic ring is 1. The van der Waals surface area contributed by atoms with E-state index in [0.29, 0.717) is 17.9 Å². The van der Waals surface area contributed by atoms with Gasteiger partial charge in [-0.3, -0.25) is 4.79 Å². The van der Waals surface area contributed by atoms with Crippen molar-refractivity contribution in [1.29, 1.82) is 0 Å². The maximum Gasteiger partial charge on any atom is 0.179 e. The second-order valence-electron chi connectivity index (χ2n) is 4.16. The van der Waals surface area contributed by atoms with Crippen molar-refractivity contribution >= 4 is 22.8 Å². The zero-order valence-electron chi connectivity index (χ0n) is 9.26. The monoisotopic (exact) mass is 228 g/mol. The molecule has 2 heterocycles. The van der Waals surface area contributed by atoms with E-state index in [1.165, 1.54) is 0 Å². The Morgan fingerprint density at radius 3 is 3.06 bits per heavy atom. The Hall–Kier alpha value is -2.17. The minimum Gasteiger partial charge on any atom is -0.381 e. The number of hydrogen-bond acceptors (Lipinski definition) is 4. The first-order valence-corrected chi connectivity index (χ1v) is 5.57. The highest BCUT2D eigenvalue weighted by Crippen LogP contribution is 2.25. The van der Waals surface area contributed by atoms with Crippen molar-refractivity contribution in [2.45, 2.75) is 19.3 Å². The Morgan fingerprint density at radius 1 is 1.35 bits per heavy atom. The summed E-state index contributed by atoms with van der Waals surface area (Å²) in [6.07, 6.45) is 9.43. The topological polar surface area (TPSA) is 73.3 Å². The van der Waals surface area contributed by atoms with Crippen LogP contribution in [0.4, 0.5) is 5.82 Å². The van der Waals surface area contributed by atoms with Crippen molar-refractivity contribution < 1.29 is 4.79 Å². The van der Waals surface area contributed by atoms with E-state index < -0.39 is 0 Å². The fraction of sp³-hybridized carbons (Fsp3) is 0.250. The molecule has 0 unspecified atom stereocenters. The Bertz CT molecular complexity index is 626. The molecule has 0 bridgehead atoms. The zero-order chi connectivity index (χ0) is 11.8. The molecule has 5 heteroatoms. The molecular formula is C12H12N4O. The molecule has 17 heavy (non-hydrogen) atoms. The predicted molar refractivity (Wildman–Crippen MR) is 64.2 cm³/mol. The number of nitrogens with two attached hydrogens (primary N) is 1. The van der Waals surface area contributed by atoms with E-state index >= 15 is 0 Å². The van der Waals surface area contributed by atoms with Gasteiger partial charge in [-0.15, -0.1) is 0 Å². The van der Waals surface area contributed by atoms with Crippen LogP contribution in [-0.2, 0) is 4.79 Å². The second-order valence-corrected chi connectivity index (χ2v) is 4.16. The normalized spacial score (nSPS) is 16.2. The first kappa shape index (κ1) is 10.0. The van der Waals surface area contributed by atoms with Crippen molar-refractivity contribution in [2.24, 2.45) is 0 Å². The lowest BCUT2D eigenvalue weighted by Crippen LogP contribution is -2.06. The average Bonchev–Trinajstić information content (AvgIpc) is 2.77. The molecule has 86 valence electrons. The van der Waals surface area contributed by atoms with Crippen LogP contribution in [0.2, 0.25) is 0 Å². The van der Waals surface area contributed by atoms with Gasteiger partial charge >= 0.3 is 0 Å². The number of fused-ring (bicyclic) bond motifs is 1. The number of anilines is 1. The molecule has 2 aromatic rings. The van der Waals surface area contributed by atoms with Gasteiger partial charge in [0.25, 0.3) is 0 Å². The molecule has 0 amide bonds. The minimum absolute atomic E-state index is 0.164. The van der Waals surface area contributed by atoms with Crippen LogP contribution >= 0.6 is 0 Å². The maximum absolute atomic E-state index is 11.4. The molecule has 0 atom stereocenters. The molecule has 2 aromatic heterocycles. The van der Waals surface area contributed by atoms with E-state index in [1.54, 1.807) is 12.3 Å². The standard InChI is InChI=1S/C12H12N4O/c13-11-12-14-4-5-16(12)7-10(15-11)8-2-1-3-9(17)6-8/h4-7H,1-3H2,(H2,13,15). The van der Waals surface area contributed by atoms with E-state index in [4.69, 9.17) is 5.73 Å². The van der Waals surface area contributed by atoms with Gasteiger partial charge in [-0.05, 0) is 24.5 Å². The summed E-state index contributed by atoms with van der Waals surface area (Å²) in [5.41, 5.74) is 8.21. The van der Waals surface area contributed by atoms with Crippen molar-refractivity contribution in [3.05, 3.63) is 30.4 Å². The van der Waals surface area contributed by atoms with E-state index in [9.17, 15) is 4.79 Å². The van der Waals surface area contributed by atoms with Crippen LogP contribution in [0, 0.1) is 0 Å². The van der Waals surface area contributed by atoms with Gasteiger partial charge in [0, 0.05) is 25.0 Å². The summed E-state index contributed by atoms with van der Waals surface area (Å²) in [6.45, 7) is 0. The number of carbonyl (C=O) groups is 1.